The van der Waals surface area contributed by atoms with Gasteiger partial charge in [0, 0.05) is 6.54 Å². The van der Waals surface area contributed by atoms with E-state index in [9.17, 15) is 9.90 Å². The molecule has 2 aromatic rings. The first-order valence-electron chi connectivity index (χ1n) is 7.28. The summed E-state index contributed by atoms with van der Waals surface area (Å²) in [5.41, 5.74) is 2.94. The predicted molar refractivity (Wildman–Crippen MR) is 83.2 cm³/mol. The lowest BCUT2D eigenvalue weighted by Gasteiger charge is -2.34. The zero-order chi connectivity index (χ0) is 14.9. The Morgan fingerprint density at radius 1 is 1.10 bits per heavy atom. The molecule has 0 bridgehead atoms. The maximum absolute atomic E-state index is 11.5. The zero-order valence-electron chi connectivity index (χ0n) is 12.1. The summed E-state index contributed by atoms with van der Waals surface area (Å²) in [6.07, 6.45) is 0.954. The molecule has 0 radical (unpaired) electrons. The number of hydrogen-bond donors (Lipinski definition) is 1. The number of carbonyl (C=O) groups is 1. The van der Waals surface area contributed by atoms with E-state index in [2.05, 4.69) is 24.3 Å². The van der Waals surface area contributed by atoms with Crippen molar-refractivity contribution in [1.82, 2.24) is 4.90 Å². The Morgan fingerprint density at radius 3 is 2.52 bits per heavy atom. The van der Waals surface area contributed by atoms with Crippen LogP contribution in [-0.2, 0) is 5.54 Å². The van der Waals surface area contributed by atoms with Crippen LogP contribution in [-0.4, -0.2) is 22.6 Å². The van der Waals surface area contributed by atoms with Crippen LogP contribution >= 0.6 is 0 Å². The number of likely N-dealkylation sites (tertiary alicyclic amines) is 1. The average Bonchev–Trinajstić information content (AvgIpc) is 2.92. The van der Waals surface area contributed by atoms with E-state index in [0.717, 1.165) is 29.5 Å². The van der Waals surface area contributed by atoms with E-state index in [1.165, 1.54) is 0 Å². The van der Waals surface area contributed by atoms with Crippen molar-refractivity contribution >= 4 is 6.09 Å². The molecule has 1 aliphatic heterocycles. The zero-order valence-corrected chi connectivity index (χ0v) is 12.1. The van der Waals surface area contributed by atoms with Crippen molar-refractivity contribution in [2.75, 3.05) is 6.54 Å². The van der Waals surface area contributed by atoms with Crippen LogP contribution in [0.3, 0.4) is 0 Å². The third kappa shape index (κ3) is 2.40. The Labute approximate surface area is 124 Å². The number of rotatable bonds is 2. The molecule has 3 nitrogen and oxygen atoms in total. The highest BCUT2D eigenvalue weighted by atomic mass is 16.4. The van der Waals surface area contributed by atoms with Crippen LogP contribution in [0.1, 0.15) is 25.3 Å². The summed E-state index contributed by atoms with van der Waals surface area (Å²) < 4.78 is 0. The molecule has 21 heavy (non-hydrogen) atoms. The first-order valence-corrected chi connectivity index (χ1v) is 7.28. The molecule has 1 heterocycles. The number of hydrogen-bond acceptors (Lipinski definition) is 1. The standard InChI is InChI=1S/C18H19NO2/c1-18(11-6-12-19(18)17(20)21)16-10-5-9-15(13-16)14-7-3-2-4-8-14/h2-5,7-10,13H,6,11-12H2,1H3,(H,20,21). The van der Waals surface area contributed by atoms with Crippen LogP contribution in [0.25, 0.3) is 11.1 Å². The Kier molecular flexibility index (Phi) is 3.42. The average molecular weight is 281 g/mol. The number of nitrogens with zero attached hydrogens (tertiary/aromatic N) is 1. The van der Waals surface area contributed by atoms with Crippen LogP contribution in [0.4, 0.5) is 4.79 Å². The number of carboxylic acid groups (broad SMARTS) is 1. The minimum atomic E-state index is -0.833. The molecule has 3 heteroatoms. The van der Waals surface area contributed by atoms with E-state index in [1.807, 2.05) is 37.3 Å². The lowest BCUT2D eigenvalue weighted by molar-refractivity contribution is 0.109. The van der Waals surface area contributed by atoms with Crippen molar-refractivity contribution in [2.24, 2.45) is 0 Å². The molecule has 1 amide bonds. The van der Waals surface area contributed by atoms with Gasteiger partial charge in [-0.1, -0.05) is 48.5 Å². The molecule has 1 aliphatic rings. The van der Waals surface area contributed by atoms with E-state index < -0.39 is 11.6 Å². The number of benzene rings is 2. The van der Waals surface area contributed by atoms with Gasteiger partial charge >= 0.3 is 6.09 Å². The topological polar surface area (TPSA) is 40.5 Å². The molecule has 0 spiro atoms. The fourth-order valence-electron chi connectivity index (χ4n) is 3.23. The van der Waals surface area contributed by atoms with Gasteiger partial charge in [0.2, 0.25) is 0 Å². The highest BCUT2D eigenvalue weighted by Crippen LogP contribution is 2.39. The van der Waals surface area contributed by atoms with Crippen LogP contribution < -0.4 is 0 Å². The Hall–Kier alpha value is -2.29. The van der Waals surface area contributed by atoms with Gasteiger partial charge in [-0.2, -0.15) is 0 Å². The van der Waals surface area contributed by atoms with Crippen molar-refractivity contribution in [3.8, 4) is 11.1 Å². The monoisotopic (exact) mass is 281 g/mol. The lowest BCUT2D eigenvalue weighted by Crippen LogP contribution is -2.42. The minimum absolute atomic E-state index is 0.420. The molecular weight excluding hydrogens is 262 g/mol. The third-order valence-electron chi connectivity index (χ3n) is 4.46. The summed E-state index contributed by atoms with van der Waals surface area (Å²) in [5.74, 6) is 0. The van der Waals surface area contributed by atoms with Gasteiger partial charge in [-0.25, -0.2) is 4.79 Å². The molecule has 0 saturated carbocycles. The van der Waals surface area contributed by atoms with Crippen molar-refractivity contribution in [3.63, 3.8) is 0 Å². The van der Waals surface area contributed by atoms with E-state index in [1.54, 1.807) is 4.90 Å². The first kappa shape index (κ1) is 13.7. The molecule has 0 aliphatic carbocycles. The molecule has 1 fully saturated rings. The van der Waals surface area contributed by atoms with Gasteiger partial charge in [-0.15, -0.1) is 0 Å². The lowest BCUT2D eigenvalue weighted by atomic mass is 9.87. The van der Waals surface area contributed by atoms with Crippen molar-refractivity contribution in [2.45, 2.75) is 25.3 Å². The summed E-state index contributed by atoms with van der Waals surface area (Å²) in [6, 6.07) is 18.4. The highest BCUT2D eigenvalue weighted by Gasteiger charge is 2.41. The quantitative estimate of drug-likeness (QED) is 0.889. The predicted octanol–water partition coefficient (Wildman–Crippen LogP) is 4.34. The molecule has 1 N–H and O–H groups in total. The molecule has 1 atom stereocenters. The molecule has 2 aromatic carbocycles. The van der Waals surface area contributed by atoms with Crippen LogP contribution in [0.5, 0.6) is 0 Å². The highest BCUT2D eigenvalue weighted by molar-refractivity contribution is 5.68. The Bertz CT molecular complexity index is 653. The van der Waals surface area contributed by atoms with E-state index in [4.69, 9.17) is 0 Å². The van der Waals surface area contributed by atoms with Crippen molar-refractivity contribution in [3.05, 3.63) is 60.2 Å². The van der Waals surface area contributed by atoms with E-state index in [-0.39, 0.29) is 0 Å². The third-order valence-corrected chi connectivity index (χ3v) is 4.46. The Balaban J connectivity index is 2.02. The second-order valence-electron chi connectivity index (χ2n) is 5.76. The maximum atomic E-state index is 11.5. The molecule has 1 saturated heterocycles. The molecule has 3 rings (SSSR count). The van der Waals surface area contributed by atoms with Gasteiger partial charge in [-0.3, -0.25) is 4.90 Å². The summed E-state index contributed by atoms with van der Waals surface area (Å²) >= 11 is 0. The molecule has 0 aromatic heterocycles. The number of amides is 1. The van der Waals surface area contributed by atoms with E-state index in [0.29, 0.717) is 6.54 Å². The SMILES string of the molecule is CC1(c2cccc(-c3ccccc3)c2)CCCN1C(=O)O. The van der Waals surface area contributed by atoms with Gasteiger partial charge in [-0.05, 0) is 42.5 Å². The second-order valence-corrected chi connectivity index (χ2v) is 5.76. The summed E-state index contributed by atoms with van der Waals surface area (Å²) in [4.78, 5) is 13.0. The van der Waals surface area contributed by atoms with Gasteiger partial charge in [0.25, 0.3) is 0 Å². The van der Waals surface area contributed by atoms with Gasteiger partial charge in [0.1, 0.15) is 0 Å². The molecule has 1 unspecified atom stereocenters. The molecule has 108 valence electrons. The second kappa shape index (κ2) is 5.24. The maximum Gasteiger partial charge on any atom is 0.408 e. The fraction of sp³-hybridized carbons (Fsp3) is 0.278. The fourth-order valence-corrected chi connectivity index (χ4v) is 3.23. The first-order chi connectivity index (χ1) is 10.1. The normalized spacial score (nSPS) is 21.5. The van der Waals surface area contributed by atoms with Crippen molar-refractivity contribution < 1.29 is 9.90 Å². The summed E-state index contributed by atoms with van der Waals surface area (Å²) in [7, 11) is 0. The Morgan fingerprint density at radius 2 is 1.81 bits per heavy atom. The summed E-state index contributed by atoms with van der Waals surface area (Å²) in [5, 5.41) is 9.42. The summed E-state index contributed by atoms with van der Waals surface area (Å²) in [6.45, 7) is 2.64. The van der Waals surface area contributed by atoms with Crippen LogP contribution in [0.15, 0.2) is 54.6 Å². The van der Waals surface area contributed by atoms with E-state index >= 15 is 0 Å². The smallest absolute Gasteiger partial charge is 0.408 e. The minimum Gasteiger partial charge on any atom is -0.465 e. The van der Waals surface area contributed by atoms with Gasteiger partial charge in [0.05, 0.1) is 5.54 Å². The largest absolute Gasteiger partial charge is 0.465 e. The van der Waals surface area contributed by atoms with Crippen molar-refractivity contribution in [1.29, 1.82) is 0 Å². The van der Waals surface area contributed by atoms with Crippen LogP contribution in [0.2, 0.25) is 0 Å². The molecular formula is C18H19NO2. The van der Waals surface area contributed by atoms with Gasteiger partial charge in [0.15, 0.2) is 0 Å². The van der Waals surface area contributed by atoms with Gasteiger partial charge < -0.3 is 5.11 Å². The van der Waals surface area contributed by atoms with Crippen LogP contribution in [0, 0.1) is 0 Å².